The normalized spacial score (nSPS) is 18.4. The Morgan fingerprint density at radius 1 is 1.21 bits per heavy atom. The molecule has 1 atom stereocenters. The predicted octanol–water partition coefficient (Wildman–Crippen LogP) is 1.57. The van der Waals surface area contributed by atoms with Gasteiger partial charge in [0.2, 0.25) is 11.8 Å². The summed E-state index contributed by atoms with van der Waals surface area (Å²) in [4.78, 5) is 44.8. The molecule has 0 radical (unpaired) electrons. The van der Waals surface area contributed by atoms with Gasteiger partial charge >= 0.3 is 5.97 Å². The molecule has 2 aliphatic heterocycles. The topological polar surface area (TPSA) is 126 Å². The highest BCUT2D eigenvalue weighted by atomic mass is 16.5. The molecule has 166 valence electrons. The van der Waals surface area contributed by atoms with Crippen molar-refractivity contribution >= 4 is 17.6 Å². The van der Waals surface area contributed by atoms with Crippen LogP contribution in [0.3, 0.4) is 0 Å². The van der Waals surface area contributed by atoms with Gasteiger partial charge in [0.1, 0.15) is 16.7 Å². The van der Waals surface area contributed by atoms with Crippen molar-refractivity contribution in [2.45, 2.75) is 18.9 Å². The molecule has 3 aromatic rings. The minimum Gasteiger partial charge on any atom is -0.465 e. The number of amides is 1. The van der Waals surface area contributed by atoms with Crippen molar-refractivity contribution in [3.05, 3.63) is 99.1 Å². The third-order valence-electron chi connectivity index (χ3n) is 6.04. The Morgan fingerprint density at radius 3 is 2.70 bits per heavy atom. The highest BCUT2D eigenvalue weighted by molar-refractivity contribution is 6.17. The Labute approximate surface area is 188 Å². The van der Waals surface area contributed by atoms with E-state index in [2.05, 4.69) is 10.3 Å². The number of benzene rings is 1. The molecule has 0 fully saturated rings. The summed E-state index contributed by atoms with van der Waals surface area (Å²) in [5, 5.41) is 2.79. The Balaban J connectivity index is 1.86. The number of pyridine rings is 2. The van der Waals surface area contributed by atoms with Gasteiger partial charge in [0.05, 0.1) is 24.9 Å². The van der Waals surface area contributed by atoms with Gasteiger partial charge in [0.15, 0.2) is 0 Å². The second-order valence-electron chi connectivity index (χ2n) is 7.82. The first-order chi connectivity index (χ1) is 15.9. The van der Waals surface area contributed by atoms with E-state index in [1.165, 1.54) is 11.7 Å². The summed E-state index contributed by atoms with van der Waals surface area (Å²) < 4.78 is 12.2. The molecule has 0 saturated heterocycles. The van der Waals surface area contributed by atoms with Crippen molar-refractivity contribution in [2.24, 2.45) is 5.73 Å². The molecular formula is C24H20N4O5. The summed E-state index contributed by atoms with van der Waals surface area (Å²) in [6.45, 7) is 1.92. The Morgan fingerprint density at radius 2 is 1.97 bits per heavy atom. The fourth-order valence-electron chi connectivity index (χ4n) is 4.61. The number of aromatic nitrogens is 2. The van der Waals surface area contributed by atoms with Crippen molar-refractivity contribution in [1.29, 1.82) is 0 Å². The lowest BCUT2D eigenvalue weighted by atomic mass is 9.68. The molecule has 1 amide bonds. The van der Waals surface area contributed by atoms with Crippen LogP contribution in [0.2, 0.25) is 0 Å². The predicted molar refractivity (Wildman–Crippen MR) is 118 cm³/mol. The van der Waals surface area contributed by atoms with Crippen LogP contribution in [0.1, 0.15) is 22.5 Å². The number of anilines is 1. The first kappa shape index (κ1) is 20.5. The summed E-state index contributed by atoms with van der Waals surface area (Å²) in [6, 6.07) is 13.9. The lowest BCUT2D eigenvalue weighted by Gasteiger charge is -2.35. The van der Waals surface area contributed by atoms with Gasteiger partial charge in [-0.15, -0.1) is 0 Å². The number of esters is 1. The van der Waals surface area contributed by atoms with Crippen LogP contribution in [0.4, 0.5) is 5.69 Å². The highest BCUT2D eigenvalue weighted by Gasteiger charge is 2.60. The number of nitrogens with two attached hydrogens (primary N) is 1. The molecular weight excluding hydrogens is 424 g/mol. The number of para-hydroxylation sites is 1. The standard InChI is InChI=1S/C24H20N4O5/c1-13-11-17-18(21(29)28(13)12-14-7-5-6-10-26-14)24(19(20(25)33-17)22(30)32-2)15-8-3-4-9-16(15)27-23(24)31/h3-11H,12,25H2,1-2H3,(H,27,31)/t24-/m1/s1. The molecule has 5 rings (SSSR count). The summed E-state index contributed by atoms with van der Waals surface area (Å²) >= 11 is 0. The Bertz CT molecular complexity index is 1410. The van der Waals surface area contributed by atoms with Crippen molar-refractivity contribution < 1.29 is 19.1 Å². The number of hydrogen-bond acceptors (Lipinski definition) is 7. The molecule has 4 heterocycles. The van der Waals surface area contributed by atoms with Gasteiger partial charge in [0.25, 0.3) is 5.56 Å². The van der Waals surface area contributed by atoms with Crippen molar-refractivity contribution in [3.63, 3.8) is 0 Å². The number of carbonyl (C=O) groups is 2. The second kappa shape index (κ2) is 7.33. The van der Waals surface area contributed by atoms with E-state index >= 15 is 0 Å². The molecule has 1 spiro atoms. The van der Waals surface area contributed by atoms with Crippen LogP contribution in [0, 0.1) is 6.92 Å². The highest BCUT2D eigenvalue weighted by Crippen LogP contribution is 2.52. The van der Waals surface area contributed by atoms with Crippen LogP contribution in [-0.2, 0) is 26.3 Å². The molecule has 1 aromatic carbocycles. The molecule has 3 N–H and O–H groups in total. The van der Waals surface area contributed by atoms with E-state index in [1.54, 1.807) is 55.6 Å². The SMILES string of the molecule is COC(=O)C1=C(N)Oc2cc(C)n(Cc3ccccn3)c(=O)c2[C@@]12C(=O)Nc1ccccc12. The average Bonchev–Trinajstić information content (AvgIpc) is 3.08. The minimum atomic E-state index is -1.82. The number of nitrogens with zero attached hydrogens (tertiary/aromatic N) is 2. The molecule has 0 bridgehead atoms. The van der Waals surface area contributed by atoms with Crippen LogP contribution in [0.15, 0.2) is 71.0 Å². The van der Waals surface area contributed by atoms with Gasteiger partial charge in [-0.3, -0.25) is 14.6 Å². The van der Waals surface area contributed by atoms with E-state index in [-0.39, 0.29) is 29.3 Å². The lowest BCUT2D eigenvalue weighted by Crippen LogP contribution is -2.50. The Hall–Kier alpha value is -4.40. The van der Waals surface area contributed by atoms with Crippen molar-refractivity contribution in [3.8, 4) is 5.75 Å². The lowest BCUT2D eigenvalue weighted by molar-refractivity contribution is -0.138. The average molecular weight is 444 g/mol. The number of ether oxygens (including phenoxy) is 2. The van der Waals surface area contributed by atoms with E-state index in [4.69, 9.17) is 15.2 Å². The van der Waals surface area contributed by atoms with Crippen LogP contribution in [0.25, 0.3) is 0 Å². The van der Waals surface area contributed by atoms with Crippen LogP contribution in [-0.4, -0.2) is 28.5 Å². The first-order valence-electron chi connectivity index (χ1n) is 10.2. The zero-order chi connectivity index (χ0) is 23.3. The number of aryl methyl sites for hydroxylation is 1. The van der Waals surface area contributed by atoms with E-state index in [1.807, 2.05) is 6.07 Å². The number of methoxy groups -OCH3 is 1. The van der Waals surface area contributed by atoms with Gasteiger partial charge in [-0.1, -0.05) is 24.3 Å². The quantitative estimate of drug-likeness (QED) is 0.588. The van der Waals surface area contributed by atoms with Crippen LogP contribution >= 0.6 is 0 Å². The maximum absolute atomic E-state index is 14.0. The molecule has 0 aliphatic carbocycles. The van der Waals surface area contributed by atoms with Crippen LogP contribution in [0.5, 0.6) is 5.75 Å². The Kier molecular flexibility index (Phi) is 4.56. The number of nitrogens with one attached hydrogen (secondary N) is 1. The molecule has 9 nitrogen and oxygen atoms in total. The maximum Gasteiger partial charge on any atom is 0.340 e. The van der Waals surface area contributed by atoms with E-state index in [9.17, 15) is 14.4 Å². The fourth-order valence-corrected chi connectivity index (χ4v) is 4.61. The molecule has 2 aromatic heterocycles. The number of rotatable bonds is 3. The fraction of sp³-hybridized carbons (Fsp3) is 0.167. The van der Waals surface area contributed by atoms with Gasteiger partial charge in [0, 0.05) is 29.2 Å². The van der Waals surface area contributed by atoms with Gasteiger partial charge in [-0.05, 0) is 25.1 Å². The largest absolute Gasteiger partial charge is 0.465 e. The minimum absolute atomic E-state index is 0.00100. The number of fused-ring (bicyclic) bond motifs is 4. The van der Waals surface area contributed by atoms with Gasteiger partial charge < -0.3 is 25.1 Å². The van der Waals surface area contributed by atoms with Gasteiger partial charge in [-0.2, -0.15) is 0 Å². The zero-order valence-corrected chi connectivity index (χ0v) is 17.9. The number of hydrogen-bond donors (Lipinski definition) is 2. The van der Waals surface area contributed by atoms with E-state index < -0.39 is 22.9 Å². The summed E-state index contributed by atoms with van der Waals surface area (Å²) in [7, 11) is 1.18. The smallest absolute Gasteiger partial charge is 0.340 e. The van der Waals surface area contributed by atoms with Gasteiger partial charge in [-0.25, -0.2) is 4.79 Å². The maximum atomic E-state index is 14.0. The zero-order valence-electron chi connectivity index (χ0n) is 17.9. The second-order valence-corrected chi connectivity index (χ2v) is 7.82. The summed E-state index contributed by atoms with van der Waals surface area (Å²) in [5.74, 6) is -1.61. The molecule has 0 saturated carbocycles. The van der Waals surface area contributed by atoms with E-state index in [0.717, 1.165) is 0 Å². The third kappa shape index (κ3) is 2.78. The summed E-state index contributed by atoms with van der Waals surface area (Å²) in [6.07, 6.45) is 1.64. The molecule has 2 aliphatic rings. The molecule has 33 heavy (non-hydrogen) atoms. The third-order valence-corrected chi connectivity index (χ3v) is 6.04. The molecule has 0 unspecified atom stereocenters. The number of carbonyl (C=O) groups excluding carboxylic acids is 2. The van der Waals surface area contributed by atoms with E-state index in [0.29, 0.717) is 22.6 Å². The summed E-state index contributed by atoms with van der Waals surface area (Å²) in [5.41, 5.74) is 5.76. The van der Waals surface area contributed by atoms with Crippen molar-refractivity contribution in [1.82, 2.24) is 9.55 Å². The van der Waals surface area contributed by atoms with Crippen molar-refractivity contribution in [2.75, 3.05) is 12.4 Å². The monoisotopic (exact) mass is 444 g/mol. The van der Waals surface area contributed by atoms with Crippen LogP contribution < -0.4 is 21.3 Å². The first-order valence-corrected chi connectivity index (χ1v) is 10.2. The molecule has 9 heteroatoms.